The van der Waals surface area contributed by atoms with E-state index >= 15 is 0 Å². The molecule has 5 heterocycles. The fraction of sp³-hybridized carbons (Fsp3) is 0.516. The molecule has 0 bridgehead atoms. The number of piperidine rings is 1. The van der Waals surface area contributed by atoms with Crippen LogP contribution in [0.4, 0.5) is 23.4 Å². The maximum atomic E-state index is 12.9. The summed E-state index contributed by atoms with van der Waals surface area (Å²) < 4.78 is 55.6. The first-order valence-corrected chi connectivity index (χ1v) is 16.9. The van der Waals surface area contributed by atoms with Gasteiger partial charge in [-0.25, -0.2) is 18.7 Å². The Labute approximate surface area is 268 Å². The topological polar surface area (TPSA) is 76.2 Å². The normalized spacial score (nSPS) is 17.8. The number of rotatable bonds is 10. The Morgan fingerprint density at radius 3 is 2.51 bits per heavy atom. The molecule has 2 aliphatic heterocycles. The number of aromatic nitrogens is 3. The van der Waals surface area contributed by atoms with Gasteiger partial charge in [0.25, 0.3) is 0 Å². The second-order valence-electron chi connectivity index (χ2n) is 11.7. The molecule has 45 heavy (non-hydrogen) atoms. The Morgan fingerprint density at radius 1 is 1.02 bits per heavy atom. The average molecular weight is 661 g/mol. The first kappa shape index (κ1) is 32.0. The number of hydrogen-bond acceptors (Lipinski definition) is 9. The van der Waals surface area contributed by atoms with Crippen LogP contribution in [0.1, 0.15) is 34.5 Å². The van der Waals surface area contributed by atoms with Gasteiger partial charge in [-0.1, -0.05) is 6.07 Å². The van der Waals surface area contributed by atoms with Gasteiger partial charge in [-0.2, -0.15) is 18.4 Å². The molecule has 0 atom stereocenters. The van der Waals surface area contributed by atoms with Gasteiger partial charge in [0, 0.05) is 80.7 Å². The van der Waals surface area contributed by atoms with Crippen molar-refractivity contribution in [3.05, 3.63) is 52.3 Å². The second kappa shape index (κ2) is 13.8. The Hall–Kier alpha value is -2.96. The number of aryl methyl sites for hydroxylation is 1. The summed E-state index contributed by atoms with van der Waals surface area (Å²) in [6, 6.07) is 10.1. The van der Waals surface area contributed by atoms with Crippen molar-refractivity contribution in [1.82, 2.24) is 28.6 Å². The van der Waals surface area contributed by atoms with Gasteiger partial charge in [-0.05, 0) is 61.0 Å². The molecular formula is C31H36F4N8S2. The molecule has 1 N–H and O–H groups in total. The van der Waals surface area contributed by atoms with Crippen LogP contribution in [0.15, 0.2) is 30.6 Å². The zero-order valence-corrected chi connectivity index (χ0v) is 26.7. The number of anilines is 1. The molecule has 0 saturated carbocycles. The number of nitrogens with zero attached hydrogens (tertiary/aromatic N) is 7. The molecule has 0 aliphatic carbocycles. The molecule has 4 aromatic rings. The van der Waals surface area contributed by atoms with E-state index in [4.69, 9.17) is 0 Å². The van der Waals surface area contributed by atoms with Gasteiger partial charge < -0.3 is 9.88 Å². The van der Waals surface area contributed by atoms with Gasteiger partial charge in [-0.15, -0.1) is 11.3 Å². The van der Waals surface area contributed by atoms with Gasteiger partial charge in [0.15, 0.2) is 0 Å². The van der Waals surface area contributed by atoms with Gasteiger partial charge in [0.05, 0.1) is 11.8 Å². The van der Waals surface area contributed by atoms with Gasteiger partial charge in [0.2, 0.25) is 0 Å². The van der Waals surface area contributed by atoms with Crippen LogP contribution >= 0.6 is 23.3 Å². The first-order valence-electron chi connectivity index (χ1n) is 15.2. The molecule has 14 heteroatoms. The van der Waals surface area contributed by atoms with E-state index in [1.807, 2.05) is 6.07 Å². The summed E-state index contributed by atoms with van der Waals surface area (Å²) in [5.41, 5.74) is 4.17. The zero-order valence-electron chi connectivity index (χ0n) is 25.1. The van der Waals surface area contributed by atoms with Crippen molar-refractivity contribution in [1.29, 1.82) is 5.26 Å². The van der Waals surface area contributed by atoms with E-state index in [1.54, 1.807) is 6.07 Å². The molecular weight excluding hydrogens is 625 g/mol. The predicted molar refractivity (Wildman–Crippen MR) is 172 cm³/mol. The van der Waals surface area contributed by atoms with Crippen LogP contribution in [0, 0.1) is 18.3 Å². The number of benzene rings is 1. The number of halogens is 4. The molecule has 0 spiro atoms. The van der Waals surface area contributed by atoms with Crippen molar-refractivity contribution in [3.63, 3.8) is 0 Å². The lowest BCUT2D eigenvalue weighted by Crippen LogP contribution is -2.44. The number of likely N-dealkylation sites (tertiary alicyclic amines) is 1. The van der Waals surface area contributed by atoms with Crippen LogP contribution in [0.5, 0.6) is 0 Å². The summed E-state index contributed by atoms with van der Waals surface area (Å²) in [6.45, 7) is 9.75. The zero-order chi connectivity index (χ0) is 31.6. The molecule has 0 amide bonds. The Bertz CT molecular complexity index is 1660. The molecule has 0 radical (unpaired) electrons. The van der Waals surface area contributed by atoms with Crippen LogP contribution in [-0.2, 0) is 19.5 Å². The molecule has 8 nitrogen and oxygen atoms in total. The van der Waals surface area contributed by atoms with E-state index in [-0.39, 0.29) is 16.9 Å². The van der Waals surface area contributed by atoms with E-state index in [2.05, 4.69) is 59.1 Å². The van der Waals surface area contributed by atoms with E-state index in [9.17, 15) is 22.8 Å². The fourth-order valence-electron chi connectivity index (χ4n) is 6.39. The summed E-state index contributed by atoms with van der Waals surface area (Å²) in [5, 5.41) is 15.1. The number of hydrogen-bond donors (Lipinski definition) is 1. The number of thiophene rings is 1. The number of nitriles is 1. The highest BCUT2D eigenvalue weighted by Gasteiger charge is 2.29. The third-order valence-corrected chi connectivity index (χ3v) is 10.7. The van der Waals surface area contributed by atoms with Crippen molar-refractivity contribution >= 4 is 50.2 Å². The van der Waals surface area contributed by atoms with Crippen LogP contribution < -0.4 is 5.32 Å². The molecule has 2 fully saturated rings. The van der Waals surface area contributed by atoms with Crippen LogP contribution in [0.3, 0.4) is 0 Å². The molecule has 6 rings (SSSR count). The molecule has 2 aliphatic rings. The summed E-state index contributed by atoms with van der Waals surface area (Å²) in [6.07, 6.45) is -2.02. The summed E-state index contributed by atoms with van der Waals surface area (Å²) >= 11 is 2.31. The van der Waals surface area contributed by atoms with Crippen LogP contribution in [0.25, 0.3) is 21.1 Å². The summed E-state index contributed by atoms with van der Waals surface area (Å²) in [7, 11) is 0. The molecule has 3 aromatic heterocycles. The molecule has 2 saturated heterocycles. The van der Waals surface area contributed by atoms with Gasteiger partial charge in [-0.3, -0.25) is 9.80 Å². The predicted octanol–water partition coefficient (Wildman–Crippen LogP) is 6.20. The maximum absolute atomic E-state index is 12.9. The largest absolute Gasteiger partial charge is 0.393 e. The minimum atomic E-state index is -4.26. The highest BCUT2D eigenvalue weighted by molar-refractivity contribution is 7.96. The lowest BCUT2D eigenvalue weighted by molar-refractivity contribution is -0.126. The van der Waals surface area contributed by atoms with Crippen molar-refractivity contribution in [2.75, 3.05) is 57.1 Å². The van der Waals surface area contributed by atoms with E-state index in [0.717, 1.165) is 94.0 Å². The quantitative estimate of drug-likeness (QED) is 0.159. The van der Waals surface area contributed by atoms with E-state index in [0.29, 0.717) is 21.7 Å². The monoisotopic (exact) mass is 660 g/mol. The lowest BCUT2D eigenvalue weighted by Gasteiger charge is -2.33. The van der Waals surface area contributed by atoms with Crippen molar-refractivity contribution in [2.24, 2.45) is 0 Å². The summed E-state index contributed by atoms with van der Waals surface area (Å²) in [5.74, 6) is 0.597. The van der Waals surface area contributed by atoms with Crippen LogP contribution in [0.2, 0.25) is 0 Å². The highest BCUT2D eigenvalue weighted by Crippen LogP contribution is 2.33. The molecule has 240 valence electrons. The molecule has 1 aromatic carbocycles. The molecule has 0 unspecified atom stereocenters. The number of piperazine rings is 1. The first-order chi connectivity index (χ1) is 21.7. The Morgan fingerprint density at radius 2 is 1.80 bits per heavy atom. The smallest absolute Gasteiger partial charge is 0.367 e. The van der Waals surface area contributed by atoms with E-state index in [1.165, 1.54) is 29.4 Å². The summed E-state index contributed by atoms with van der Waals surface area (Å²) in [4.78, 5) is 14.1. The second-order valence-corrected chi connectivity index (χ2v) is 13.8. The third kappa shape index (κ3) is 7.55. The Balaban J connectivity index is 1.06. The minimum Gasteiger partial charge on any atom is -0.367 e. The number of fused-ring (bicyclic) bond motifs is 2. The standard InChI is InChI=1S/C31H36F4N8S2/c1-21-22(2-3-28-26(21)14-24(17-36)43(28)13-10-40-8-11-42(12-9-40)44-19-32)18-41-6-4-23(5-7-41)39-29-27-15-25(16-31(33,34)35)45-30(27)38-20-37-29/h2-3,14-15,20,23H,4-13,16,18-19H2,1H3,(H,37,38,39). The van der Waals surface area contributed by atoms with Crippen LogP contribution in [-0.4, -0.2) is 92.7 Å². The van der Waals surface area contributed by atoms with Crippen molar-refractivity contribution in [2.45, 2.75) is 51.5 Å². The van der Waals surface area contributed by atoms with E-state index < -0.39 is 12.6 Å². The van der Waals surface area contributed by atoms with Gasteiger partial charge >= 0.3 is 6.18 Å². The van der Waals surface area contributed by atoms with Crippen molar-refractivity contribution in [3.8, 4) is 6.07 Å². The minimum absolute atomic E-state index is 0.173. The third-order valence-electron chi connectivity index (χ3n) is 8.86. The number of nitrogens with one attached hydrogen (secondary N) is 1. The van der Waals surface area contributed by atoms with Crippen molar-refractivity contribution < 1.29 is 17.6 Å². The fourth-order valence-corrected chi connectivity index (χ4v) is 7.98. The SMILES string of the molecule is Cc1c(CN2CCC(Nc3ncnc4sc(CC(F)(F)F)cc34)CC2)ccc2c1cc(C#N)n2CCN1CCN(SCF)CC1. The number of alkyl halides is 4. The maximum Gasteiger partial charge on any atom is 0.393 e. The highest BCUT2D eigenvalue weighted by atomic mass is 32.2. The average Bonchev–Trinajstić information content (AvgIpc) is 3.59. The Kier molecular flexibility index (Phi) is 9.82. The van der Waals surface area contributed by atoms with Gasteiger partial charge in [0.1, 0.15) is 34.7 Å². The lowest BCUT2D eigenvalue weighted by atomic mass is 10.0.